The summed E-state index contributed by atoms with van der Waals surface area (Å²) in [5, 5.41) is 0. The molecule has 0 N–H and O–H groups in total. The molecule has 1 fully saturated rings. The lowest BCUT2D eigenvalue weighted by Crippen LogP contribution is -2.49. The number of hydrogen-bond donors (Lipinski definition) is 0. The third kappa shape index (κ3) is 2.97. The SMILES string of the molecule is CN1CCN(CC(=O)c2ccccc2Br)CC1=O. The predicted molar refractivity (Wildman–Crippen MR) is 72.5 cm³/mol. The highest BCUT2D eigenvalue weighted by Crippen LogP contribution is 2.17. The standard InChI is InChI=1S/C13H15BrN2O2/c1-15-6-7-16(9-13(15)18)8-12(17)10-4-2-3-5-11(10)14/h2-5H,6-9H2,1H3. The van der Waals surface area contributed by atoms with Crippen LogP contribution in [0, 0.1) is 0 Å². The zero-order valence-electron chi connectivity index (χ0n) is 10.2. The summed E-state index contributed by atoms with van der Waals surface area (Å²) < 4.78 is 0.801. The van der Waals surface area contributed by atoms with Crippen LogP contribution in [0.25, 0.3) is 0 Å². The van der Waals surface area contributed by atoms with E-state index in [9.17, 15) is 9.59 Å². The third-order valence-corrected chi connectivity index (χ3v) is 3.77. The van der Waals surface area contributed by atoms with Gasteiger partial charge in [0.05, 0.1) is 13.1 Å². The molecule has 0 aliphatic carbocycles. The second-order valence-corrected chi connectivity index (χ2v) is 5.28. The Labute approximate surface area is 115 Å². The van der Waals surface area contributed by atoms with Crippen molar-refractivity contribution in [2.45, 2.75) is 0 Å². The van der Waals surface area contributed by atoms with Gasteiger partial charge < -0.3 is 4.90 Å². The van der Waals surface area contributed by atoms with Gasteiger partial charge in [-0.05, 0) is 6.07 Å². The zero-order chi connectivity index (χ0) is 13.1. The van der Waals surface area contributed by atoms with Crippen LogP contribution in [0.1, 0.15) is 10.4 Å². The molecule has 0 spiro atoms. The molecule has 1 aromatic rings. The number of piperazine rings is 1. The molecule has 0 bridgehead atoms. The summed E-state index contributed by atoms with van der Waals surface area (Å²) >= 11 is 3.37. The fourth-order valence-electron chi connectivity index (χ4n) is 1.92. The van der Waals surface area contributed by atoms with Crippen molar-refractivity contribution in [3.8, 4) is 0 Å². The van der Waals surface area contributed by atoms with E-state index < -0.39 is 0 Å². The Morgan fingerprint density at radius 3 is 2.72 bits per heavy atom. The highest BCUT2D eigenvalue weighted by molar-refractivity contribution is 9.10. The number of likely N-dealkylation sites (N-methyl/N-ethyl adjacent to an activating group) is 1. The summed E-state index contributed by atoms with van der Waals surface area (Å²) in [4.78, 5) is 27.3. The van der Waals surface area contributed by atoms with Gasteiger partial charge in [0.15, 0.2) is 5.78 Å². The number of halogens is 1. The van der Waals surface area contributed by atoms with E-state index in [1.54, 1.807) is 18.0 Å². The summed E-state index contributed by atoms with van der Waals surface area (Å²) in [6.45, 7) is 2.05. The highest BCUT2D eigenvalue weighted by Gasteiger charge is 2.23. The second kappa shape index (κ2) is 5.63. The van der Waals surface area contributed by atoms with Crippen LogP contribution in [0.2, 0.25) is 0 Å². The Balaban J connectivity index is 2.00. The van der Waals surface area contributed by atoms with E-state index in [2.05, 4.69) is 15.9 Å². The van der Waals surface area contributed by atoms with Gasteiger partial charge >= 0.3 is 0 Å². The van der Waals surface area contributed by atoms with Gasteiger partial charge in [-0.25, -0.2) is 0 Å². The number of nitrogens with zero attached hydrogens (tertiary/aromatic N) is 2. The Hall–Kier alpha value is -1.20. The van der Waals surface area contributed by atoms with Crippen molar-refractivity contribution in [3.05, 3.63) is 34.3 Å². The minimum atomic E-state index is 0.0415. The number of carbonyl (C=O) groups is 2. The lowest BCUT2D eigenvalue weighted by Gasteiger charge is -2.31. The van der Waals surface area contributed by atoms with E-state index in [1.165, 1.54) is 0 Å². The molecule has 1 aliphatic rings. The lowest BCUT2D eigenvalue weighted by molar-refractivity contribution is -0.134. The number of amides is 1. The van der Waals surface area contributed by atoms with Gasteiger partial charge in [-0.15, -0.1) is 0 Å². The van der Waals surface area contributed by atoms with Gasteiger partial charge in [-0.2, -0.15) is 0 Å². The number of ketones is 1. The average Bonchev–Trinajstić information content (AvgIpc) is 2.34. The molecule has 1 aromatic carbocycles. The number of rotatable bonds is 3. The van der Waals surface area contributed by atoms with Gasteiger partial charge in [0.25, 0.3) is 0 Å². The molecule has 0 atom stereocenters. The molecule has 5 heteroatoms. The minimum Gasteiger partial charge on any atom is -0.343 e. The van der Waals surface area contributed by atoms with Crippen LogP contribution in [-0.4, -0.2) is 54.7 Å². The fraction of sp³-hybridized carbons (Fsp3) is 0.385. The number of benzene rings is 1. The first-order valence-corrected chi connectivity index (χ1v) is 6.61. The molecule has 96 valence electrons. The van der Waals surface area contributed by atoms with Crippen molar-refractivity contribution in [1.82, 2.24) is 9.80 Å². The highest BCUT2D eigenvalue weighted by atomic mass is 79.9. The van der Waals surface area contributed by atoms with Crippen LogP contribution >= 0.6 is 15.9 Å². The van der Waals surface area contributed by atoms with Gasteiger partial charge in [0, 0.05) is 30.2 Å². The first-order chi connectivity index (χ1) is 8.58. The van der Waals surface area contributed by atoms with Crippen molar-refractivity contribution in [1.29, 1.82) is 0 Å². The largest absolute Gasteiger partial charge is 0.343 e. The van der Waals surface area contributed by atoms with E-state index in [0.717, 1.165) is 11.0 Å². The fourth-order valence-corrected chi connectivity index (χ4v) is 2.42. The molecule has 1 aliphatic heterocycles. The number of Topliss-reactive ketones (excluding diaryl/α,β-unsaturated/α-hetero) is 1. The van der Waals surface area contributed by atoms with Crippen LogP contribution in [0.3, 0.4) is 0 Å². The summed E-state index contributed by atoms with van der Waals surface area (Å²) in [7, 11) is 1.79. The van der Waals surface area contributed by atoms with E-state index in [1.807, 2.05) is 23.1 Å². The van der Waals surface area contributed by atoms with Crippen LogP contribution < -0.4 is 0 Å². The molecule has 0 radical (unpaired) electrons. The molecule has 18 heavy (non-hydrogen) atoms. The van der Waals surface area contributed by atoms with Gasteiger partial charge in [-0.1, -0.05) is 34.1 Å². The molecule has 0 saturated carbocycles. The van der Waals surface area contributed by atoms with Crippen molar-refractivity contribution < 1.29 is 9.59 Å². The summed E-state index contributed by atoms with van der Waals surface area (Å²) in [5.74, 6) is 0.112. The Bertz CT molecular complexity index is 476. The van der Waals surface area contributed by atoms with Crippen LogP contribution in [0.4, 0.5) is 0 Å². The topological polar surface area (TPSA) is 40.6 Å². The zero-order valence-corrected chi connectivity index (χ0v) is 11.8. The van der Waals surface area contributed by atoms with Crippen molar-refractivity contribution in [2.24, 2.45) is 0 Å². The van der Waals surface area contributed by atoms with Crippen LogP contribution in [0.5, 0.6) is 0 Å². The molecule has 0 aromatic heterocycles. The maximum atomic E-state index is 12.1. The monoisotopic (exact) mass is 310 g/mol. The lowest BCUT2D eigenvalue weighted by atomic mass is 10.1. The Morgan fingerprint density at radius 2 is 2.06 bits per heavy atom. The first kappa shape index (κ1) is 13.2. The molecule has 4 nitrogen and oxygen atoms in total. The average molecular weight is 311 g/mol. The van der Waals surface area contributed by atoms with Crippen LogP contribution in [0.15, 0.2) is 28.7 Å². The maximum absolute atomic E-state index is 12.1. The smallest absolute Gasteiger partial charge is 0.236 e. The van der Waals surface area contributed by atoms with Crippen molar-refractivity contribution >= 4 is 27.6 Å². The van der Waals surface area contributed by atoms with Crippen molar-refractivity contribution in [3.63, 3.8) is 0 Å². The van der Waals surface area contributed by atoms with Gasteiger partial charge in [0.2, 0.25) is 5.91 Å². The van der Waals surface area contributed by atoms with E-state index in [-0.39, 0.29) is 11.7 Å². The van der Waals surface area contributed by atoms with Crippen molar-refractivity contribution in [2.75, 3.05) is 33.2 Å². The summed E-state index contributed by atoms with van der Waals surface area (Å²) in [5.41, 5.74) is 0.670. The molecular weight excluding hydrogens is 296 g/mol. The Morgan fingerprint density at radius 1 is 1.33 bits per heavy atom. The molecular formula is C13H15BrN2O2. The quantitative estimate of drug-likeness (QED) is 0.793. The summed E-state index contributed by atoms with van der Waals surface area (Å²) in [6.07, 6.45) is 0. The van der Waals surface area contributed by atoms with E-state index in [0.29, 0.717) is 25.2 Å². The third-order valence-electron chi connectivity index (χ3n) is 3.08. The molecule has 0 unspecified atom stereocenters. The molecule has 1 saturated heterocycles. The second-order valence-electron chi connectivity index (χ2n) is 4.43. The summed E-state index contributed by atoms with van der Waals surface area (Å²) in [6, 6.07) is 7.36. The van der Waals surface area contributed by atoms with E-state index in [4.69, 9.17) is 0 Å². The number of hydrogen-bond acceptors (Lipinski definition) is 3. The van der Waals surface area contributed by atoms with Gasteiger partial charge in [-0.3, -0.25) is 14.5 Å². The van der Waals surface area contributed by atoms with Gasteiger partial charge in [0.1, 0.15) is 0 Å². The molecule has 1 amide bonds. The number of carbonyl (C=O) groups excluding carboxylic acids is 2. The first-order valence-electron chi connectivity index (χ1n) is 5.82. The molecule has 2 rings (SSSR count). The normalized spacial score (nSPS) is 17.0. The van der Waals surface area contributed by atoms with Crippen LogP contribution in [-0.2, 0) is 4.79 Å². The predicted octanol–water partition coefficient (Wildman–Crippen LogP) is 1.41. The molecule has 1 heterocycles. The Kier molecular flexibility index (Phi) is 4.14. The minimum absolute atomic E-state index is 0.0415. The van der Waals surface area contributed by atoms with E-state index >= 15 is 0 Å². The maximum Gasteiger partial charge on any atom is 0.236 e.